The standard InChI is InChI=1S/C16H18N2O2S/c1-12-8-9-14(11-15(12)17)21(19,20)18-10-4-6-13-5-2-3-7-16(13)18/h2-3,5,7-9,11H,4,6,10,17H2,1H3. The van der Waals surface area contributed by atoms with Gasteiger partial charge in [0.2, 0.25) is 0 Å². The molecule has 5 heteroatoms. The largest absolute Gasteiger partial charge is 0.398 e. The molecule has 1 aliphatic rings. The highest BCUT2D eigenvalue weighted by Crippen LogP contribution is 2.32. The van der Waals surface area contributed by atoms with Crippen molar-refractivity contribution in [2.45, 2.75) is 24.7 Å². The Kier molecular flexibility index (Phi) is 3.37. The summed E-state index contributed by atoms with van der Waals surface area (Å²) in [7, 11) is -3.56. The van der Waals surface area contributed by atoms with Gasteiger partial charge in [0.25, 0.3) is 10.0 Å². The summed E-state index contributed by atoms with van der Waals surface area (Å²) in [4.78, 5) is 0.252. The minimum absolute atomic E-state index is 0.252. The Bertz CT molecular complexity index is 785. The van der Waals surface area contributed by atoms with Gasteiger partial charge in [-0.1, -0.05) is 24.3 Å². The molecule has 0 aromatic heterocycles. The van der Waals surface area contributed by atoms with Crippen molar-refractivity contribution in [2.75, 3.05) is 16.6 Å². The molecule has 4 nitrogen and oxygen atoms in total. The Balaban J connectivity index is 2.09. The van der Waals surface area contributed by atoms with Gasteiger partial charge in [0.05, 0.1) is 10.6 Å². The van der Waals surface area contributed by atoms with Gasteiger partial charge in [-0.3, -0.25) is 4.31 Å². The molecule has 1 aliphatic heterocycles. The first-order chi connectivity index (χ1) is 10.00. The first-order valence-electron chi connectivity index (χ1n) is 6.97. The van der Waals surface area contributed by atoms with Crippen LogP contribution in [0.3, 0.4) is 0 Å². The highest BCUT2D eigenvalue weighted by atomic mass is 32.2. The number of hydrogen-bond donors (Lipinski definition) is 1. The second-order valence-electron chi connectivity index (χ2n) is 5.33. The van der Waals surface area contributed by atoms with Crippen LogP contribution in [0, 0.1) is 6.92 Å². The third-order valence-corrected chi connectivity index (χ3v) is 5.72. The van der Waals surface area contributed by atoms with Crippen molar-refractivity contribution in [3.8, 4) is 0 Å². The fourth-order valence-electron chi connectivity index (χ4n) is 2.66. The van der Waals surface area contributed by atoms with E-state index in [0.717, 1.165) is 29.7 Å². The van der Waals surface area contributed by atoms with Crippen molar-refractivity contribution in [3.63, 3.8) is 0 Å². The molecule has 0 aliphatic carbocycles. The Morgan fingerprint density at radius 3 is 2.67 bits per heavy atom. The van der Waals surface area contributed by atoms with E-state index in [0.29, 0.717) is 12.2 Å². The van der Waals surface area contributed by atoms with Crippen LogP contribution in [0.2, 0.25) is 0 Å². The van der Waals surface area contributed by atoms with Crippen LogP contribution in [0.4, 0.5) is 11.4 Å². The summed E-state index contributed by atoms with van der Waals surface area (Å²) >= 11 is 0. The molecule has 2 aromatic rings. The molecule has 0 unspecified atom stereocenters. The Morgan fingerprint density at radius 1 is 1.14 bits per heavy atom. The molecule has 2 aromatic carbocycles. The molecule has 21 heavy (non-hydrogen) atoms. The van der Waals surface area contributed by atoms with Crippen LogP contribution >= 0.6 is 0 Å². The van der Waals surface area contributed by atoms with Crippen LogP contribution in [0.15, 0.2) is 47.4 Å². The highest BCUT2D eigenvalue weighted by Gasteiger charge is 2.28. The van der Waals surface area contributed by atoms with Gasteiger partial charge in [0, 0.05) is 12.2 Å². The maximum absolute atomic E-state index is 12.9. The number of hydrogen-bond acceptors (Lipinski definition) is 3. The maximum atomic E-state index is 12.9. The number of sulfonamides is 1. The Labute approximate surface area is 125 Å². The molecular weight excluding hydrogens is 284 g/mol. The number of anilines is 2. The van der Waals surface area contributed by atoms with Gasteiger partial charge < -0.3 is 5.73 Å². The van der Waals surface area contributed by atoms with Gasteiger partial charge in [-0.25, -0.2) is 8.42 Å². The van der Waals surface area contributed by atoms with E-state index >= 15 is 0 Å². The van der Waals surface area contributed by atoms with E-state index in [9.17, 15) is 8.42 Å². The van der Waals surface area contributed by atoms with E-state index in [1.165, 1.54) is 4.31 Å². The van der Waals surface area contributed by atoms with Crippen molar-refractivity contribution < 1.29 is 8.42 Å². The number of fused-ring (bicyclic) bond motifs is 1. The summed E-state index contributed by atoms with van der Waals surface area (Å²) in [6.45, 7) is 2.37. The van der Waals surface area contributed by atoms with Gasteiger partial charge in [0.1, 0.15) is 0 Å². The van der Waals surface area contributed by atoms with Crippen LogP contribution in [0.1, 0.15) is 17.5 Å². The topological polar surface area (TPSA) is 63.4 Å². The second kappa shape index (κ2) is 5.07. The van der Waals surface area contributed by atoms with Gasteiger partial charge in [-0.2, -0.15) is 0 Å². The lowest BCUT2D eigenvalue weighted by Gasteiger charge is -2.30. The van der Waals surface area contributed by atoms with Gasteiger partial charge >= 0.3 is 0 Å². The monoisotopic (exact) mass is 302 g/mol. The van der Waals surface area contributed by atoms with Crippen molar-refractivity contribution in [1.29, 1.82) is 0 Å². The van der Waals surface area contributed by atoms with Crippen molar-refractivity contribution in [2.24, 2.45) is 0 Å². The van der Waals surface area contributed by atoms with Gasteiger partial charge in [0.15, 0.2) is 0 Å². The zero-order valence-electron chi connectivity index (χ0n) is 11.9. The van der Waals surface area contributed by atoms with Crippen LogP contribution in [-0.4, -0.2) is 15.0 Å². The van der Waals surface area contributed by atoms with Crippen molar-refractivity contribution >= 4 is 21.4 Å². The molecule has 2 N–H and O–H groups in total. The number of nitrogens with zero attached hydrogens (tertiary/aromatic N) is 1. The van der Waals surface area contributed by atoms with Gasteiger partial charge in [-0.05, 0) is 49.1 Å². The van der Waals surface area contributed by atoms with E-state index in [1.54, 1.807) is 18.2 Å². The van der Waals surface area contributed by atoms with Crippen LogP contribution < -0.4 is 10.0 Å². The minimum atomic E-state index is -3.56. The summed E-state index contributed by atoms with van der Waals surface area (Å²) in [6.07, 6.45) is 1.75. The number of benzene rings is 2. The van der Waals surface area contributed by atoms with E-state index < -0.39 is 10.0 Å². The van der Waals surface area contributed by atoms with Crippen LogP contribution in [0.25, 0.3) is 0 Å². The highest BCUT2D eigenvalue weighted by molar-refractivity contribution is 7.92. The van der Waals surface area contributed by atoms with E-state index in [1.807, 2.05) is 31.2 Å². The summed E-state index contributed by atoms with van der Waals surface area (Å²) < 4.78 is 27.3. The summed E-state index contributed by atoms with van der Waals surface area (Å²) in [5.41, 5.74) is 9.10. The molecule has 0 saturated carbocycles. The third kappa shape index (κ3) is 2.38. The zero-order valence-corrected chi connectivity index (χ0v) is 12.7. The smallest absolute Gasteiger partial charge is 0.264 e. The average Bonchev–Trinajstić information content (AvgIpc) is 2.49. The van der Waals surface area contributed by atoms with Crippen molar-refractivity contribution in [3.05, 3.63) is 53.6 Å². The number of rotatable bonds is 2. The lowest BCUT2D eigenvalue weighted by Crippen LogP contribution is -2.35. The number of nitrogens with two attached hydrogens (primary N) is 1. The quantitative estimate of drug-likeness (QED) is 0.868. The number of para-hydroxylation sites is 1. The third-order valence-electron chi connectivity index (χ3n) is 3.91. The molecule has 110 valence electrons. The maximum Gasteiger partial charge on any atom is 0.264 e. The Hall–Kier alpha value is -2.01. The second-order valence-corrected chi connectivity index (χ2v) is 7.19. The molecule has 1 heterocycles. The molecule has 0 atom stereocenters. The van der Waals surface area contributed by atoms with Gasteiger partial charge in [-0.15, -0.1) is 0 Å². The summed E-state index contributed by atoms with van der Waals surface area (Å²) in [6, 6.07) is 12.6. The van der Waals surface area contributed by atoms with E-state index in [2.05, 4.69) is 0 Å². The van der Waals surface area contributed by atoms with Crippen molar-refractivity contribution in [1.82, 2.24) is 0 Å². The summed E-state index contributed by atoms with van der Waals surface area (Å²) in [5, 5.41) is 0. The fourth-order valence-corrected chi connectivity index (χ4v) is 4.23. The molecule has 0 saturated heterocycles. The van der Waals surface area contributed by atoms with E-state index in [-0.39, 0.29) is 4.90 Å². The van der Waals surface area contributed by atoms with Crippen LogP contribution in [-0.2, 0) is 16.4 Å². The predicted octanol–water partition coefficient (Wildman–Crippen LogP) is 2.72. The Morgan fingerprint density at radius 2 is 1.90 bits per heavy atom. The first-order valence-corrected chi connectivity index (χ1v) is 8.41. The zero-order chi connectivity index (χ0) is 15.0. The average molecular weight is 302 g/mol. The predicted molar refractivity (Wildman–Crippen MR) is 84.9 cm³/mol. The lowest BCUT2D eigenvalue weighted by atomic mass is 10.0. The normalized spacial score (nSPS) is 14.8. The lowest BCUT2D eigenvalue weighted by molar-refractivity contribution is 0.586. The molecular formula is C16H18N2O2S. The molecule has 0 fully saturated rings. The number of aryl methyl sites for hydroxylation is 2. The molecule has 0 amide bonds. The SMILES string of the molecule is Cc1ccc(S(=O)(=O)N2CCCc3ccccc32)cc1N. The first kappa shape index (κ1) is 13.9. The van der Waals surface area contributed by atoms with E-state index in [4.69, 9.17) is 5.73 Å². The van der Waals surface area contributed by atoms with Crippen LogP contribution in [0.5, 0.6) is 0 Å². The molecule has 0 bridgehead atoms. The molecule has 0 spiro atoms. The molecule has 3 rings (SSSR count). The fraction of sp³-hybridized carbons (Fsp3) is 0.250. The summed E-state index contributed by atoms with van der Waals surface area (Å²) in [5.74, 6) is 0. The minimum Gasteiger partial charge on any atom is -0.398 e. The molecule has 0 radical (unpaired) electrons. The number of nitrogen functional groups attached to an aromatic ring is 1.